The van der Waals surface area contributed by atoms with Crippen molar-refractivity contribution >= 4 is 17.7 Å². The molecule has 1 amide bonds. The molecule has 0 saturated heterocycles. The van der Waals surface area contributed by atoms with Gasteiger partial charge in [0.15, 0.2) is 0 Å². The van der Waals surface area contributed by atoms with Crippen molar-refractivity contribution in [1.82, 2.24) is 5.32 Å². The highest BCUT2D eigenvalue weighted by Gasteiger charge is 2.05. The lowest BCUT2D eigenvalue weighted by molar-refractivity contribution is -0.118. The van der Waals surface area contributed by atoms with Gasteiger partial charge in [-0.25, -0.2) is 4.39 Å². The SMILES string of the molecule is N#Cc1cccc(SCC(=O)NCc2ccccc2F)c1. The molecule has 21 heavy (non-hydrogen) atoms. The number of carbonyl (C=O) groups excluding carboxylic acids is 1. The molecule has 0 atom stereocenters. The maximum atomic E-state index is 13.4. The molecule has 0 fully saturated rings. The molecule has 3 nitrogen and oxygen atoms in total. The van der Waals surface area contributed by atoms with Crippen molar-refractivity contribution in [2.75, 3.05) is 5.75 Å². The van der Waals surface area contributed by atoms with E-state index in [2.05, 4.69) is 11.4 Å². The third-order valence-electron chi connectivity index (χ3n) is 2.77. The lowest BCUT2D eigenvalue weighted by Crippen LogP contribution is -2.25. The van der Waals surface area contributed by atoms with E-state index in [9.17, 15) is 9.18 Å². The van der Waals surface area contributed by atoms with Crippen molar-refractivity contribution < 1.29 is 9.18 Å². The van der Waals surface area contributed by atoms with E-state index in [4.69, 9.17) is 5.26 Å². The number of hydrogen-bond donors (Lipinski definition) is 1. The molecule has 0 aliphatic heterocycles. The summed E-state index contributed by atoms with van der Waals surface area (Å²) in [5, 5.41) is 11.5. The predicted molar refractivity (Wildman–Crippen MR) is 80.1 cm³/mol. The van der Waals surface area contributed by atoms with Gasteiger partial charge < -0.3 is 5.32 Å². The molecule has 0 unspecified atom stereocenters. The van der Waals surface area contributed by atoms with Gasteiger partial charge in [-0.3, -0.25) is 4.79 Å². The van der Waals surface area contributed by atoms with Crippen molar-refractivity contribution in [2.45, 2.75) is 11.4 Å². The summed E-state index contributed by atoms with van der Waals surface area (Å²) >= 11 is 1.34. The first-order valence-corrected chi connectivity index (χ1v) is 7.30. The highest BCUT2D eigenvalue weighted by molar-refractivity contribution is 8.00. The van der Waals surface area contributed by atoms with Gasteiger partial charge in [-0.2, -0.15) is 5.26 Å². The average molecular weight is 300 g/mol. The highest BCUT2D eigenvalue weighted by Crippen LogP contribution is 2.18. The Bertz CT molecular complexity index is 682. The Morgan fingerprint density at radius 3 is 2.81 bits per heavy atom. The van der Waals surface area contributed by atoms with Crippen molar-refractivity contribution in [2.24, 2.45) is 0 Å². The summed E-state index contributed by atoms with van der Waals surface area (Å²) in [7, 11) is 0. The fraction of sp³-hybridized carbons (Fsp3) is 0.125. The quantitative estimate of drug-likeness (QED) is 0.863. The van der Waals surface area contributed by atoms with Crippen molar-refractivity contribution in [3.63, 3.8) is 0 Å². The third-order valence-corrected chi connectivity index (χ3v) is 3.76. The molecule has 106 valence electrons. The molecule has 0 bridgehead atoms. The van der Waals surface area contributed by atoms with E-state index in [1.165, 1.54) is 17.8 Å². The summed E-state index contributed by atoms with van der Waals surface area (Å²) in [5.41, 5.74) is 1.02. The number of amides is 1. The van der Waals surface area contributed by atoms with E-state index in [1.54, 1.807) is 36.4 Å². The Hall–Kier alpha value is -2.32. The van der Waals surface area contributed by atoms with Gasteiger partial charge in [-0.15, -0.1) is 11.8 Å². The number of hydrogen-bond acceptors (Lipinski definition) is 3. The van der Waals surface area contributed by atoms with Crippen LogP contribution >= 0.6 is 11.8 Å². The van der Waals surface area contributed by atoms with Gasteiger partial charge in [0.1, 0.15) is 5.82 Å². The Kier molecular flexibility index (Phi) is 5.35. The number of carbonyl (C=O) groups is 1. The summed E-state index contributed by atoms with van der Waals surface area (Å²) in [4.78, 5) is 12.6. The normalized spacial score (nSPS) is 9.90. The van der Waals surface area contributed by atoms with E-state index in [-0.39, 0.29) is 24.0 Å². The van der Waals surface area contributed by atoms with E-state index >= 15 is 0 Å². The summed E-state index contributed by atoms with van der Waals surface area (Å²) in [6.45, 7) is 0.171. The standard InChI is InChI=1S/C16H13FN2OS/c17-15-7-2-1-5-13(15)10-19-16(20)11-21-14-6-3-4-12(8-14)9-18/h1-8H,10-11H2,(H,19,20). The van der Waals surface area contributed by atoms with E-state index < -0.39 is 0 Å². The minimum atomic E-state index is -0.327. The molecule has 0 saturated carbocycles. The zero-order chi connectivity index (χ0) is 15.1. The maximum absolute atomic E-state index is 13.4. The molecular weight excluding hydrogens is 287 g/mol. The second-order valence-electron chi connectivity index (χ2n) is 4.30. The van der Waals surface area contributed by atoms with Crippen LogP contribution in [0.2, 0.25) is 0 Å². The molecule has 0 radical (unpaired) electrons. The molecule has 1 N–H and O–H groups in total. The molecule has 0 aromatic heterocycles. The number of benzene rings is 2. The van der Waals surface area contributed by atoms with Crippen LogP contribution in [0.25, 0.3) is 0 Å². The van der Waals surface area contributed by atoms with Gasteiger partial charge >= 0.3 is 0 Å². The zero-order valence-corrected chi connectivity index (χ0v) is 12.0. The Balaban J connectivity index is 1.82. The van der Waals surface area contributed by atoms with Crippen molar-refractivity contribution in [3.8, 4) is 6.07 Å². The van der Waals surface area contributed by atoms with Crippen LogP contribution < -0.4 is 5.32 Å². The van der Waals surface area contributed by atoms with E-state index in [0.717, 1.165) is 4.90 Å². The van der Waals surface area contributed by atoms with Gasteiger partial charge in [0.25, 0.3) is 0 Å². The second-order valence-corrected chi connectivity index (χ2v) is 5.35. The maximum Gasteiger partial charge on any atom is 0.230 e. The minimum Gasteiger partial charge on any atom is -0.351 e. The molecule has 0 aliphatic carbocycles. The van der Waals surface area contributed by atoms with Crippen LogP contribution in [0.3, 0.4) is 0 Å². The predicted octanol–water partition coefficient (Wildman–Crippen LogP) is 3.11. The van der Waals surface area contributed by atoms with E-state index in [1.807, 2.05) is 6.07 Å². The average Bonchev–Trinajstić information content (AvgIpc) is 2.52. The first-order chi connectivity index (χ1) is 10.2. The molecule has 0 aliphatic rings. The number of nitrogens with one attached hydrogen (secondary N) is 1. The smallest absolute Gasteiger partial charge is 0.230 e. The van der Waals surface area contributed by atoms with Crippen LogP contribution in [-0.2, 0) is 11.3 Å². The Labute approximate surface area is 126 Å². The topological polar surface area (TPSA) is 52.9 Å². The first kappa shape index (κ1) is 15.1. The van der Waals surface area contributed by atoms with Crippen molar-refractivity contribution in [1.29, 1.82) is 5.26 Å². The number of nitriles is 1. The third kappa shape index (κ3) is 4.62. The largest absolute Gasteiger partial charge is 0.351 e. The van der Waals surface area contributed by atoms with Gasteiger partial charge in [0, 0.05) is 17.0 Å². The van der Waals surface area contributed by atoms with Gasteiger partial charge in [-0.1, -0.05) is 24.3 Å². The number of nitrogens with zero attached hydrogens (tertiary/aromatic N) is 1. The van der Waals surface area contributed by atoms with Crippen LogP contribution in [0.15, 0.2) is 53.4 Å². The lowest BCUT2D eigenvalue weighted by Gasteiger charge is -2.06. The fourth-order valence-corrected chi connectivity index (χ4v) is 2.48. The molecular formula is C16H13FN2OS. The molecule has 5 heteroatoms. The van der Waals surface area contributed by atoms with Gasteiger partial charge in [0.2, 0.25) is 5.91 Å². The summed E-state index contributed by atoms with van der Waals surface area (Å²) in [5.74, 6) is -0.277. The highest BCUT2D eigenvalue weighted by atomic mass is 32.2. The van der Waals surface area contributed by atoms with Crippen LogP contribution in [0, 0.1) is 17.1 Å². The van der Waals surface area contributed by atoms with Crippen LogP contribution in [0.5, 0.6) is 0 Å². The summed E-state index contributed by atoms with van der Waals surface area (Å²) in [6, 6.07) is 15.5. The summed E-state index contributed by atoms with van der Waals surface area (Å²) < 4.78 is 13.4. The first-order valence-electron chi connectivity index (χ1n) is 6.32. The lowest BCUT2D eigenvalue weighted by atomic mass is 10.2. The zero-order valence-electron chi connectivity index (χ0n) is 11.2. The number of thioether (sulfide) groups is 1. The van der Waals surface area contributed by atoms with Crippen LogP contribution in [-0.4, -0.2) is 11.7 Å². The number of halogens is 1. The minimum absolute atomic E-state index is 0.171. The van der Waals surface area contributed by atoms with Gasteiger partial charge in [-0.05, 0) is 24.3 Å². The molecule has 0 heterocycles. The molecule has 2 aromatic carbocycles. The fourth-order valence-electron chi connectivity index (χ4n) is 1.69. The van der Waals surface area contributed by atoms with Crippen molar-refractivity contribution in [3.05, 3.63) is 65.5 Å². The molecule has 2 rings (SSSR count). The number of rotatable bonds is 5. The molecule has 0 spiro atoms. The monoisotopic (exact) mass is 300 g/mol. The second kappa shape index (κ2) is 7.46. The molecule has 2 aromatic rings. The van der Waals surface area contributed by atoms with Crippen LogP contribution in [0.4, 0.5) is 4.39 Å². The Morgan fingerprint density at radius 1 is 1.24 bits per heavy atom. The van der Waals surface area contributed by atoms with E-state index in [0.29, 0.717) is 11.1 Å². The van der Waals surface area contributed by atoms with Crippen LogP contribution in [0.1, 0.15) is 11.1 Å². The Morgan fingerprint density at radius 2 is 2.05 bits per heavy atom. The summed E-state index contributed by atoms with van der Waals surface area (Å²) in [6.07, 6.45) is 0. The van der Waals surface area contributed by atoms with Gasteiger partial charge in [0.05, 0.1) is 17.4 Å².